The number of para-hydroxylation sites is 1. The number of ether oxygens (including phenoxy) is 5. The minimum Gasteiger partial charge on any atom is -0.493 e. The molecular weight excluding hydrogens is 523 g/mol. The molecule has 41 heavy (non-hydrogen) atoms. The summed E-state index contributed by atoms with van der Waals surface area (Å²) in [5.41, 5.74) is 3.55. The summed E-state index contributed by atoms with van der Waals surface area (Å²) in [7, 11) is 1.74. The zero-order valence-corrected chi connectivity index (χ0v) is 23.9. The number of rotatable bonds is 14. The summed E-state index contributed by atoms with van der Waals surface area (Å²) in [6.45, 7) is 6.54. The van der Waals surface area contributed by atoms with E-state index in [4.69, 9.17) is 23.7 Å². The topological polar surface area (TPSA) is 61.4 Å². The Bertz CT molecular complexity index is 1220. The van der Waals surface area contributed by atoms with Crippen LogP contribution in [0.25, 0.3) is 0 Å². The Balaban J connectivity index is 1.11. The van der Waals surface area contributed by atoms with Gasteiger partial charge < -0.3 is 33.9 Å². The van der Waals surface area contributed by atoms with Crippen LogP contribution in [0.5, 0.6) is 17.2 Å². The van der Waals surface area contributed by atoms with Crippen LogP contribution < -0.4 is 24.4 Å². The van der Waals surface area contributed by atoms with Crippen LogP contribution in [0.2, 0.25) is 0 Å². The van der Waals surface area contributed by atoms with E-state index < -0.39 is 0 Å². The summed E-state index contributed by atoms with van der Waals surface area (Å²) in [5, 5.41) is 3.50. The molecule has 1 fully saturated rings. The lowest BCUT2D eigenvalue weighted by atomic mass is 9.87. The number of hydrogen-bond acceptors (Lipinski definition) is 7. The first-order valence-corrected chi connectivity index (χ1v) is 14.6. The van der Waals surface area contributed by atoms with E-state index in [9.17, 15) is 4.39 Å². The third-order valence-electron chi connectivity index (χ3n) is 7.61. The van der Waals surface area contributed by atoms with E-state index in [1.807, 2.05) is 12.1 Å². The van der Waals surface area contributed by atoms with E-state index in [1.54, 1.807) is 25.3 Å². The molecule has 0 saturated carbocycles. The van der Waals surface area contributed by atoms with Crippen LogP contribution in [-0.4, -0.2) is 65.8 Å². The highest BCUT2D eigenvalue weighted by Gasteiger charge is 2.27. The van der Waals surface area contributed by atoms with Gasteiger partial charge in [-0.3, -0.25) is 0 Å². The van der Waals surface area contributed by atoms with Gasteiger partial charge in [0.25, 0.3) is 0 Å². The number of nitrogens with zero attached hydrogens (tertiary/aromatic N) is 1. The smallest absolute Gasteiger partial charge is 0.165 e. The highest BCUT2D eigenvalue weighted by molar-refractivity contribution is 5.61. The molecule has 8 heteroatoms. The van der Waals surface area contributed by atoms with Crippen molar-refractivity contribution in [3.8, 4) is 17.2 Å². The van der Waals surface area contributed by atoms with Crippen LogP contribution in [0.15, 0.2) is 66.7 Å². The molecule has 5 rings (SSSR count). The van der Waals surface area contributed by atoms with Crippen molar-refractivity contribution < 1.29 is 28.1 Å². The fourth-order valence-corrected chi connectivity index (χ4v) is 5.43. The first-order valence-electron chi connectivity index (χ1n) is 14.6. The first-order chi connectivity index (χ1) is 20.2. The molecular formula is C33H41FN2O5. The lowest BCUT2D eigenvalue weighted by Gasteiger charge is -2.33. The molecule has 2 aliphatic rings. The summed E-state index contributed by atoms with van der Waals surface area (Å²) in [6.07, 6.45) is 2.75. The van der Waals surface area contributed by atoms with E-state index in [0.717, 1.165) is 68.4 Å². The van der Waals surface area contributed by atoms with Gasteiger partial charge in [0.2, 0.25) is 0 Å². The third kappa shape index (κ3) is 8.12. The Morgan fingerprint density at radius 3 is 2.68 bits per heavy atom. The SMILES string of the molecule is COCCCN1CCOc2ccc(COC3CNCCC3c3ccc(OCCCOc4ccccc4F)cc3)cc21. The molecule has 2 aliphatic heterocycles. The van der Waals surface area contributed by atoms with Gasteiger partial charge in [0.1, 0.15) is 18.1 Å². The quantitative estimate of drug-likeness (QED) is 0.257. The van der Waals surface area contributed by atoms with Gasteiger partial charge in [0.05, 0.1) is 38.2 Å². The highest BCUT2D eigenvalue weighted by Crippen LogP contribution is 2.34. The zero-order chi connectivity index (χ0) is 28.3. The average molecular weight is 565 g/mol. The van der Waals surface area contributed by atoms with Crippen LogP contribution in [0, 0.1) is 5.82 Å². The standard InChI is InChI=1S/C33H41FN2O5/c1-37-18-4-16-36-17-21-40-32-13-8-25(22-30(32)36)24-41-33-23-35-15-14-28(33)26-9-11-27(12-10-26)38-19-5-20-39-31-7-3-2-6-29(31)34/h2-3,6-13,22,28,33,35H,4-5,14-21,23-24H2,1H3. The number of methoxy groups -OCH3 is 1. The molecule has 3 aromatic carbocycles. The number of piperidine rings is 1. The van der Waals surface area contributed by atoms with Gasteiger partial charge in [-0.1, -0.05) is 30.3 Å². The molecule has 0 bridgehead atoms. The molecule has 1 N–H and O–H groups in total. The summed E-state index contributed by atoms with van der Waals surface area (Å²) < 4.78 is 42.7. The van der Waals surface area contributed by atoms with Crippen molar-refractivity contribution in [2.45, 2.75) is 37.9 Å². The second-order valence-electron chi connectivity index (χ2n) is 10.5. The summed E-state index contributed by atoms with van der Waals surface area (Å²) >= 11 is 0. The molecule has 0 aromatic heterocycles. The van der Waals surface area contributed by atoms with E-state index in [-0.39, 0.29) is 17.7 Å². The predicted molar refractivity (Wildman–Crippen MR) is 158 cm³/mol. The first kappa shape index (κ1) is 29.2. The summed E-state index contributed by atoms with van der Waals surface area (Å²) in [5.74, 6) is 2.00. The molecule has 0 spiro atoms. The van der Waals surface area contributed by atoms with Crippen molar-refractivity contribution in [1.82, 2.24) is 5.32 Å². The minimum absolute atomic E-state index is 0.0798. The minimum atomic E-state index is -0.346. The van der Waals surface area contributed by atoms with Crippen LogP contribution in [-0.2, 0) is 16.1 Å². The molecule has 2 unspecified atom stereocenters. The maximum Gasteiger partial charge on any atom is 0.165 e. The van der Waals surface area contributed by atoms with E-state index in [2.05, 4.69) is 40.5 Å². The summed E-state index contributed by atoms with van der Waals surface area (Å²) in [6, 6.07) is 21.2. The molecule has 220 valence electrons. The van der Waals surface area contributed by atoms with E-state index in [0.29, 0.717) is 38.8 Å². The number of fused-ring (bicyclic) bond motifs is 1. The van der Waals surface area contributed by atoms with Crippen molar-refractivity contribution in [1.29, 1.82) is 0 Å². The van der Waals surface area contributed by atoms with Gasteiger partial charge in [-0.2, -0.15) is 0 Å². The van der Waals surface area contributed by atoms with Crippen molar-refractivity contribution in [2.24, 2.45) is 0 Å². The van der Waals surface area contributed by atoms with Gasteiger partial charge in [0.15, 0.2) is 11.6 Å². The zero-order valence-electron chi connectivity index (χ0n) is 23.9. The number of benzene rings is 3. The van der Waals surface area contributed by atoms with Gasteiger partial charge >= 0.3 is 0 Å². The number of nitrogens with one attached hydrogen (secondary N) is 1. The van der Waals surface area contributed by atoms with Crippen molar-refractivity contribution in [2.75, 3.05) is 64.6 Å². The van der Waals surface area contributed by atoms with Gasteiger partial charge in [-0.25, -0.2) is 4.39 Å². The van der Waals surface area contributed by atoms with Crippen molar-refractivity contribution in [3.63, 3.8) is 0 Å². The second kappa shape index (κ2) is 15.1. The molecule has 3 aromatic rings. The largest absolute Gasteiger partial charge is 0.493 e. The Morgan fingerprint density at radius 2 is 1.83 bits per heavy atom. The third-order valence-corrected chi connectivity index (χ3v) is 7.61. The Labute approximate surface area is 242 Å². The Kier molecular flexibility index (Phi) is 10.7. The Morgan fingerprint density at radius 1 is 0.976 bits per heavy atom. The number of anilines is 1. The fraction of sp³-hybridized carbons (Fsp3) is 0.455. The average Bonchev–Trinajstić information content (AvgIpc) is 3.01. The van der Waals surface area contributed by atoms with Gasteiger partial charge in [0, 0.05) is 39.1 Å². The molecule has 2 atom stereocenters. The van der Waals surface area contributed by atoms with E-state index >= 15 is 0 Å². The lowest BCUT2D eigenvalue weighted by Crippen LogP contribution is -2.41. The molecule has 0 aliphatic carbocycles. The fourth-order valence-electron chi connectivity index (χ4n) is 5.43. The summed E-state index contributed by atoms with van der Waals surface area (Å²) in [4.78, 5) is 2.38. The van der Waals surface area contributed by atoms with Gasteiger partial charge in [-0.05, 0) is 66.9 Å². The molecule has 0 amide bonds. The molecule has 0 radical (unpaired) electrons. The van der Waals surface area contributed by atoms with Crippen LogP contribution >= 0.6 is 0 Å². The van der Waals surface area contributed by atoms with Crippen LogP contribution in [0.4, 0.5) is 10.1 Å². The predicted octanol–water partition coefficient (Wildman–Crippen LogP) is 5.57. The van der Waals surface area contributed by atoms with Crippen LogP contribution in [0.3, 0.4) is 0 Å². The van der Waals surface area contributed by atoms with E-state index in [1.165, 1.54) is 11.6 Å². The van der Waals surface area contributed by atoms with Crippen molar-refractivity contribution >= 4 is 5.69 Å². The lowest BCUT2D eigenvalue weighted by molar-refractivity contribution is 0.0106. The maximum absolute atomic E-state index is 13.7. The molecule has 1 saturated heterocycles. The number of halogens is 1. The number of hydrogen-bond donors (Lipinski definition) is 1. The van der Waals surface area contributed by atoms with Gasteiger partial charge in [-0.15, -0.1) is 0 Å². The monoisotopic (exact) mass is 564 g/mol. The maximum atomic E-state index is 13.7. The Hall–Kier alpha value is -3.33. The molecule has 7 nitrogen and oxygen atoms in total. The highest BCUT2D eigenvalue weighted by atomic mass is 19.1. The van der Waals surface area contributed by atoms with Crippen LogP contribution in [0.1, 0.15) is 36.3 Å². The molecule has 2 heterocycles. The normalized spacial score (nSPS) is 18.4. The second-order valence-corrected chi connectivity index (χ2v) is 10.5. The van der Waals surface area contributed by atoms with Crippen molar-refractivity contribution in [3.05, 3.63) is 83.7 Å².